The molecule has 5 nitrogen and oxygen atoms in total. The van der Waals surface area contributed by atoms with Crippen molar-refractivity contribution >= 4 is 11.8 Å². The van der Waals surface area contributed by atoms with Crippen LogP contribution in [0.3, 0.4) is 0 Å². The third kappa shape index (κ3) is 3.00. The molecule has 3 aliphatic rings. The summed E-state index contributed by atoms with van der Waals surface area (Å²) in [4.78, 5) is 28.8. The molecule has 0 aromatic heterocycles. The number of rotatable bonds is 5. The van der Waals surface area contributed by atoms with Crippen LogP contribution in [-0.2, 0) is 9.59 Å². The van der Waals surface area contributed by atoms with Crippen LogP contribution in [0.1, 0.15) is 64.7 Å². The van der Waals surface area contributed by atoms with E-state index in [0.717, 1.165) is 51.5 Å². The van der Waals surface area contributed by atoms with Gasteiger partial charge in [-0.2, -0.15) is 0 Å². The molecule has 130 valence electrons. The molecule has 3 aliphatic heterocycles. The van der Waals surface area contributed by atoms with Crippen molar-refractivity contribution in [2.45, 2.75) is 76.8 Å². The lowest BCUT2D eigenvalue weighted by molar-refractivity contribution is -0.135. The monoisotopic (exact) mass is 322 g/mol. The lowest BCUT2D eigenvalue weighted by Crippen LogP contribution is -2.43. The molecule has 0 saturated carbocycles. The van der Waals surface area contributed by atoms with Gasteiger partial charge >= 0.3 is 0 Å². The zero-order chi connectivity index (χ0) is 16.4. The van der Waals surface area contributed by atoms with Crippen molar-refractivity contribution in [1.82, 2.24) is 9.80 Å². The van der Waals surface area contributed by atoms with E-state index in [2.05, 4.69) is 11.8 Å². The minimum Gasteiger partial charge on any atom is -0.396 e. The SMILES string of the molecule is CC[C@@]1(CO)C[C@@H]2CC[C@H]1N2C(=O)CCN1CCCCCC1=O. The Balaban J connectivity index is 1.60. The summed E-state index contributed by atoms with van der Waals surface area (Å²) in [6.07, 6.45) is 8.18. The number of hydrogen-bond donors (Lipinski definition) is 1. The maximum absolute atomic E-state index is 12.8. The van der Waals surface area contributed by atoms with Crippen LogP contribution < -0.4 is 0 Å². The predicted octanol–water partition coefficient (Wildman–Crippen LogP) is 1.93. The van der Waals surface area contributed by atoms with E-state index in [0.29, 0.717) is 25.4 Å². The van der Waals surface area contributed by atoms with Gasteiger partial charge in [0.1, 0.15) is 0 Å². The largest absolute Gasteiger partial charge is 0.396 e. The molecule has 0 radical (unpaired) electrons. The highest BCUT2D eigenvalue weighted by Gasteiger charge is 2.55. The standard InChI is InChI=1S/C18H30N2O3/c1-2-18(13-21)12-14-7-8-15(18)20(14)17(23)9-11-19-10-5-3-4-6-16(19)22/h14-15,21H,2-13H2,1H3/t14-,15+,18-/m0/s1. The molecular weight excluding hydrogens is 292 g/mol. The first-order valence-electron chi connectivity index (χ1n) is 9.31. The Bertz CT molecular complexity index is 461. The second-order valence-electron chi connectivity index (χ2n) is 7.57. The van der Waals surface area contributed by atoms with Crippen LogP contribution in [0.5, 0.6) is 0 Å². The van der Waals surface area contributed by atoms with Gasteiger partial charge in [-0.15, -0.1) is 0 Å². The number of carbonyl (C=O) groups is 2. The van der Waals surface area contributed by atoms with Crippen molar-refractivity contribution in [3.63, 3.8) is 0 Å². The lowest BCUT2D eigenvalue weighted by atomic mass is 9.72. The zero-order valence-corrected chi connectivity index (χ0v) is 14.3. The average molecular weight is 322 g/mol. The fourth-order valence-electron chi connectivity index (χ4n) is 4.96. The maximum Gasteiger partial charge on any atom is 0.224 e. The molecule has 3 fully saturated rings. The Hall–Kier alpha value is -1.10. The van der Waals surface area contributed by atoms with Gasteiger partial charge in [0.2, 0.25) is 11.8 Å². The summed E-state index contributed by atoms with van der Waals surface area (Å²) in [5.41, 5.74) is -0.0863. The maximum atomic E-state index is 12.8. The number of nitrogens with zero attached hydrogens (tertiary/aromatic N) is 2. The number of aliphatic hydroxyl groups excluding tert-OH is 1. The van der Waals surface area contributed by atoms with E-state index in [1.807, 2.05) is 4.90 Å². The highest BCUT2D eigenvalue weighted by Crippen LogP contribution is 2.51. The normalized spacial score (nSPS) is 34.1. The summed E-state index contributed by atoms with van der Waals surface area (Å²) in [5.74, 6) is 0.385. The first-order valence-corrected chi connectivity index (χ1v) is 9.31. The van der Waals surface area contributed by atoms with Crippen molar-refractivity contribution in [2.75, 3.05) is 19.7 Å². The molecule has 2 amide bonds. The second kappa shape index (κ2) is 6.80. The van der Waals surface area contributed by atoms with E-state index in [9.17, 15) is 14.7 Å². The molecule has 3 rings (SSSR count). The smallest absolute Gasteiger partial charge is 0.224 e. The second-order valence-corrected chi connectivity index (χ2v) is 7.57. The Morgan fingerprint density at radius 3 is 2.83 bits per heavy atom. The lowest BCUT2D eigenvalue weighted by Gasteiger charge is -2.35. The van der Waals surface area contributed by atoms with Crippen molar-refractivity contribution in [3.05, 3.63) is 0 Å². The number of carbonyl (C=O) groups excluding carboxylic acids is 2. The van der Waals surface area contributed by atoms with E-state index in [4.69, 9.17) is 0 Å². The summed E-state index contributed by atoms with van der Waals surface area (Å²) < 4.78 is 0. The topological polar surface area (TPSA) is 60.9 Å². The van der Waals surface area contributed by atoms with E-state index in [1.54, 1.807) is 0 Å². The van der Waals surface area contributed by atoms with Gasteiger partial charge in [-0.3, -0.25) is 9.59 Å². The molecule has 3 saturated heterocycles. The fourth-order valence-corrected chi connectivity index (χ4v) is 4.96. The molecule has 1 N–H and O–H groups in total. The van der Waals surface area contributed by atoms with E-state index >= 15 is 0 Å². The van der Waals surface area contributed by atoms with Gasteiger partial charge in [0.15, 0.2) is 0 Å². The molecule has 3 heterocycles. The molecule has 3 atom stereocenters. The molecule has 0 aromatic rings. The Kier molecular flexibility index (Phi) is 4.95. The minimum atomic E-state index is -0.0863. The number of hydrogen-bond acceptors (Lipinski definition) is 3. The quantitative estimate of drug-likeness (QED) is 0.841. The molecule has 0 aliphatic carbocycles. The molecule has 0 aromatic carbocycles. The van der Waals surface area contributed by atoms with Gasteiger partial charge in [-0.25, -0.2) is 0 Å². The third-order valence-corrected chi connectivity index (χ3v) is 6.43. The molecular formula is C18H30N2O3. The first-order chi connectivity index (χ1) is 11.1. The van der Waals surface area contributed by atoms with Crippen molar-refractivity contribution in [3.8, 4) is 0 Å². The van der Waals surface area contributed by atoms with Crippen LogP contribution in [0, 0.1) is 5.41 Å². The summed E-state index contributed by atoms with van der Waals surface area (Å²) in [6.45, 7) is 3.66. The summed E-state index contributed by atoms with van der Waals surface area (Å²) in [5, 5.41) is 9.85. The van der Waals surface area contributed by atoms with Gasteiger partial charge in [0.05, 0.1) is 6.61 Å². The number of likely N-dealkylation sites (tertiary alicyclic amines) is 1. The van der Waals surface area contributed by atoms with Crippen molar-refractivity contribution < 1.29 is 14.7 Å². The fraction of sp³-hybridized carbons (Fsp3) is 0.889. The summed E-state index contributed by atoms with van der Waals surface area (Å²) in [7, 11) is 0. The van der Waals surface area contributed by atoms with Gasteiger partial charge in [0.25, 0.3) is 0 Å². The molecule has 2 bridgehead atoms. The minimum absolute atomic E-state index is 0.0863. The van der Waals surface area contributed by atoms with Gasteiger partial charge in [-0.1, -0.05) is 13.3 Å². The van der Waals surface area contributed by atoms with E-state index < -0.39 is 0 Å². The predicted molar refractivity (Wildman–Crippen MR) is 87.7 cm³/mol. The molecule has 0 spiro atoms. The molecule has 23 heavy (non-hydrogen) atoms. The van der Waals surface area contributed by atoms with Crippen LogP contribution in [-0.4, -0.2) is 58.5 Å². The van der Waals surface area contributed by atoms with Gasteiger partial charge in [0, 0.05) is 43.4 Å². The number of fused-ring (bicyclic) bond motifs is 2. The first kappa shape index (κ1) is 16.7. The van der Waals surface area contributed by atoms with Crippen LogP contribution in [0.25, 0.3) is 0 Å². The van der Waals surface area contributed by atoms with Gasteiger partial charge < -0.3 is 14.9 Å². The Morgan fingerprint density at radius 1 is 1.30 bits per heavy atom. The third-order valence-electron chi connectivity index (χ3n) is 6.43. The van der Waals surface area contributed by atoms with E-state index in [1.165, 1.54) is 0 Å². The van der Waals surface area contributed by atoms with Crippen LogP contribution >= 0.6 is 0 Å². The van der Waals surface area contributed by atoms with Crippen molar-refractivity contribution in [2.24, 2.45) is 5.41 Å². The Labute approximate surface area is 139 Å². The van der Waals surface area contributed by atoms with Crippen LogP contribution in [0.15, 0.2) is 0 Å². The average Bonchev–Trinajstić information content (AvgIpc) is 3.05. The highest BCUT2D eigenvalue weighted by molar-refractivity contribution is 5.80. The zero-order valence-electron chi connectivity index (χ0n) is 14.3. The Morgan fingerprint density at radius 2 is 2.13 bits per heavy atom. The van der Waals surface area contributed by atoms with Crippen LogP contribution in [0.4, 0.5) is 0 Å². The summed E-state index contributed by atoms with van der Waals surface area (Å²) in [6, 6.07) is 0.509. The van der Waals surface area contributed by atoms with Gasteiger partial charge in [-0.05, 0) is 38.5 Å². The number of amides is 2. The highest BCUT2D eigenvalue weighted by atomic mass is 16.3. The van der Waals surface area contributed by atoms with E-state index in [-0.39, 0.29) is 29.9 Å². The molecule has 0 unspecified atom stereocenters. The molecule has 5 heteroatoms. The summed E-state index contributed by atoms with van der Waals surface area (Å²) >= 11 is 0. The van der Waals surface area contributed by atoms with Crippen molar-refractivity contribution in [1.29, 1.82) is 0 Å². The van der Waals surface area contributed by atoms with Crippen LogP contribution in [0.2, 0.25) is 0 Å². The number of aliphatic hydroxyl groups is 1.